The zero-order chi connectivity index (χ0) is 14.5. The first-order valence-electron chi connectivity index (χ1n) is 6.68. The van der Waals surface area contributed by atoms with E-state index in [4.69, 9.17) is 17.3 Å². The maximum atomic E-state index is 12.4. The minimum absolute atomic E-state index is 0.162. The molecular formula is C14H22ClNO2S. The molecule has 0 bridgehead atoms. The molecule has 0 spiro atoms. The average Bonchev–Trinajstić information content (AvgIpc) is 2.33. The summed E-state index contributed by atoms with van der Waals surface area (Å²) in [4.78, 5) is 0.201. The summed E-state index contributed by atoms with van der Waals surface area (Å²) in [5, 5.41) is 0.453. The second-order valence-electron chi connectivity index (χ2n) is 4.88. The molecule has 0 radical (unpaired) electrons. The first kappa shape index (κ1) is 16.3. The van der Waals surface area contributed by atoms with Crippen molar-refractivity contribution in [3.05, 3.63) is 23.2 Å². The fraction of sp³-hybridized carbons (Fsp3) is 0.571. The zero-order valence-electron chi connectivity index (χ0n) is 11.5. The van der Waals surface area contributed by atoms with Gasteiger partial charge < -0.3 is 5.73 Å². The maximum Gasteiger partial charge on any atom is 0.180 e. The monoisotopic (exact) mass is 303 g/mol. The van der Waals surface area contributed by atoms with Gasteiger partial charge in [0.1, 0.15) is 0 Å². The highest BCUT2D eigenvalue weighted by Gasteiger charge is 2.22. The van der Waals surface area contributed by atoms with Crippen LogP contribution in [-0.4, -0.2) is 14.2 Å². The average molecular weight is 304 g/mol. The summed E-state index contributed by atoms with van der Waals surface area (Å²) in [7, 11) is -3.33. The molecule has 1 unspecified atom stereocenters. The van der Waals surface area contributed by atoms with E-state index in [0.29, 0.717) is 5.02 Å². The molecule has 1 aromatic rings. The summed E-state index contributed by atoms with van der Waals surface area (Å²) in [5.74, 6) is 0.357. The molecule has 0 saturated carbocycles. The third-order valence-corrected chi connectivity index (χ3v) is 5.49. The molecule has 19 heavy (non-hydrogen) atoms. The fourth-order valence-electron chi connectivity index (χ4n) is 2.10. The SMILES string of the molecule is CCCCC(CC)CS(=O)(=O)c1ccc(Cl)cc1N. The van der Waals surface area contributed by atoms with Crippen molar-refractivity contribution in [1.29, 1.82) is 0 Å². The Labute approximate surface area is 121 Å². The van der Waals surface area contributed by atoms with Crippen molar-refractivity contribution >= 4 is 27.1 Å². The number of nitrogens with two attached hydrogens (primary N) is 1. The van der Waals surface area contributed by atoms with Crippen LogP contribution in [0.2, 0.25) is 5.02 Å². The summed E-state index contributed by atoms with van der Waals surface area (Å²) >= 11 is 5.79. The molecule has 0 saturated heterocycles. The second-order valence-corrected chi connectivity index (χ2v) is 7.32. The van der Waals surface area contributed by atoms with Gasteiger partial charge in [-0.1, -0.05) is 44.7 Å². The summed E-state index contributed by atoms with van der Waals surface area (Å²) in [6.07, 6.45) is 3.95. The highest BCUT2D eigenvalue weighted by atomic mass is 35.5. The molecule has 108 valence electrons. The lowest BCUT2D eigenvalue weighted by Gasteiger charge is -2.15. The predicted octanol–water partition coefficient (Wildman–Crippen LogP) is 3.91. The minimum Gasteiger partial charge on any atom is -0.398 e. The van der Waals surface area contributed by atoms with Gasteiger partial charge in [-0.05, 0) is 30.5 Å². The number of unbranched alkanes of at least 4 members (excludes halogenated alkanes) is 1. The molecule has 1 aromatic carbocycles. The molecule has 5 heteroatoms. The van der Waals surface area contributed by atoms with Crippen LogP contribution in [0.25, 0.3) is 0 Å². The quantitative estimate of drug-likeness (QED) is 0.777. The number of hydrogen-bond donors (Lipinski definition) is 1. The number of anilines is 1. The molecule has 3 nitrogen and oxygen atoms in total. The number of nitrogen functional groups attached to an aromatic ring is 1. The summed E-state index contributed by atoms with van der Waals surface area (Å²) in [5.41, 5.74) is 6.00. The van der Waals surface area contributed by atoms with E-state index in [0.717, 1.165) is 25.7 Å². The minimum atomic E-state index is -3.33. The van der Waals surface area contributed by atoms with Gasteiger partial charge in [0.05, 0.1) is 16.3 Å². The first-order chi connectivity index (χ1) is 8.90. The van der Waals surface area contributed by atoms with E-state index >= 15 is 0 Å². The smallest absolute Gasteiger partial charge is 0.180 e. The van der Waals surface area contributed by atoms with Gasteiger partial charge in [0, 0.05) is 5.02 Å². The Bertz CT molecular complexity index is 514. The van der Waals surface area contributed by atoms with Crippen LogP contribution >= 0.6 is 11.6 Å². The fourth-order valence-corrected chi connectivity index (χ4v) is 4.18. The van der Waals surface area contributed by atoms with E-state index in [-0.39, 0.29) is 22.3 Å². The standard InChI is InChI=1S/C14H22ClNO2S/c1-3-5-6-11(4-2)10-19(17,18)14-8-7-12(15)9-13(14)16/h7-9,11H,3-6,10,16H2,1-2H3. The molecule has 0 aliphatic carbocycles. The van der Waals surface area contributed by atoms with Crippen LogP contribution in [0.5, 0.6) is 0 Å². The molecule has 0 fully saturated rings. The van der Waals surface area contributed by atoms with Crippen molar-refractivity contribution < 1.29 is 8.42 Å². The zero-order valence-corrected chi connectivity index (χ0v) is 13.1. The van der Waals surface area contributed by atoms with Gasteiger partial charge in [0.15, 0.2) is 9.84 Å². The molecule has 0 aromatic heterocycles. The Kier molecular flexibility index (Phi) is 6.14. The maximum absolute atomic E-state index is 12.4. The van der Waals surface area contributed by atoms with Gasteiger partial charge in [-0.25, -0.2) is 8.42 Å². The number of hydrogen-bond acceptors (Lipinski definition) is 3. The van der Waals surface area contributed by atoms with Crippen molar-refractivity contribution in [3.63, 3.8) is 0 Å². The molecular weight excluding hydrogens is 282 g/mol. The Morgan fingerprint density at radius 3 is 2.53 bits per heavy atom. The molecule has 1 rings (SSSR count). The Morgan fingerprint density at radius 2 is 2.00 bits per heavy atom. The van der Waals surface area contributed by atoms with Crippen LogP contribution in [0.4, 0.5) is 5.69 Å². The summed E-state index contributed by atoms with van der Waals surface area (Å²) in [6, 6.07) is 4.55. The van der Waals surface area contributed by atoms with Crippen LogP contribution in [-0.2, 0) is 9.84 Å². The van der Waals surface area contributed by atoms with Crippen LogP contribution in [0, 0.1) is 5.92 Å². The van der Waals surface area contributed by atoms with Gasteiger partial charge in [-0.15, -0.1) is 0 Å². The van der Waals surface area contributed by atoms with E-state index in [1.807, 2.05) is 6.92 Å². The summed E-state index contributed by atoms with van der Waals surface area (Å²) < 4.78 is 24.7. The van der Waals surface area contributed by atoms with E-state index in [1.165, 1.54) is 12.1 Å². The Morgan fingerprint density at radius 1 is 1.32 bits per heavy atom. The molecule has 2 N–H and O–H groups in total. The Hall–Kier alpha value is -0.740. The van der Waals surface area contributed by atoms with Gasteiger partial charge in [0.25, 0.3) is 0 Å². The van der Waals surface area contributed by atoms with Gasteiger partial charge >= 0.3 is 0 Å². The third kappa shape index (κ3) is 4.69. The first-order valence-corrected chi connectivity index (χ1v) is 8.71. The lowest BCUT2D eigenvalue weighted by Crippen LogP contribution is -2.17. The lowest BCUT2D eigenvalue weighted by molar-refractivity contribution is 0.484. The van der Waals surface area contributed by atoms with Crippen molar-refractivity contribution in [3.8, 4) is 0 Å². The van der Waals surface area contributed by atoms with Crippen molar-refractivity contribution in [1.82, 2.24) is 0 Å². The van der Waals surface area contributed by atoms with E-state index in [1.54, 1.807) is 6.07 Å². The molecule has 1 atom stereocenters. The van der Waals surface area contributed by atoms with E-state index in [9.17, 15) is 8.42 Å². The van der Waals surface area contributed by atoms with Crippen LogP contribution < -0.4 is 5.73 Å². The predicted molar refractivity (Wildman–Crippen MR) is 81.2 cm³/mol. The largest absolute Gasteiger partial charge is 0.398 e. The van der Waals surface area contributed by atoms with E-state index in [2.05, 4.69) is 6.92 Å². The normalized spacial score (nSPS) is 13.4. The topological polar surface area (TPSA) is 60.2 Å². The number of rotatable bonds is 7. The highest BCUT2D eigenvalue weighted by Crippen LogP contribution is 2.26. The second kappa shape index (κ2) is 7.15. The Balaban J connectivity index is 2.90. The van der Waals surface area contributed by atoms with Crippen LogP contribution in [0.3, 0.4) is 0 Å². The number of benzene rings is 1. The molecule has 0 aliphatic heterocycles. The van der Waals surface area contributed by atoms with Crippen LogP contribution in [0.15, 0.2) is 23.1 Å². The summed E-state index contributed by atoms with van der Waals surface area (Å²) in [6.45, 7) is 4.14. The third-order valence-electron chi connectivity index (χ3n) is 3.31. The molecule has 0 aliphatic rings. The van der Waals surface area contributed by atoms with Gasteiger partial charge in [-0.3, -0.25) is 0 Å². The molecule has 0 amide bonds. The van der Waals surface area contributed by atoms with Crippen molar-refractivity contribution in [2.45, 2.75) is 44.4 Å². The number of sulfone groups is 1. The van der Waals surface area contributed by atoms with E-state index < -0.39 is 9.84 Å². The molecule has 0 heterocycles. The van der Waals surface area contributed by atoms with Crippen LogP contribution in [0.1, 0.15) is 39.5 Å². The van der Waals surface area contributed by atoms with Gasteiger partial charge in [0.2, 0.25) is 0 Å². The number of halogens is 1. The highest BCUT2D eigenvalue weighted by molar-refractivity contribution is 7.91. The van der Waals surface area contributed by atoms with Gasteiger partial charge in [-0.2, -0.15) is 0 Å². The lowest BCUT2D eigenvalue weighted by atomic mass is 10.0. The van der Waals surface area contributed by atoms with Crippen molar-refractivity contribution in [2.24, 2.45) is 5.92 Å². The van der Waals surface area contributed by atoms with Crippen molar-refractivity contribution in [2.75, 3.05) is 11.5 Å².